The first-order chi connectivity index (χ1) is 13.9. The number of likely N-dealkylation sites (tertiary alicyclic amines) is 1. The lowest BCUT2D eigenvalue weighted by molar-refractivity contribution is -0.140. The fraction of sp³-hybridized carbons (Fsp3) is 0.737. The third-order valence-corrected chi connectivity index (χ3v) is 5.93. The van der Waals surface area contributed by atoms with Gasteiger partial charge in [0.05, 0.1) is 13.7 Å². The van der Waals surface area contributed by atoms with E-state index >= 15 is 0 Å². The number of hydrogen-bond donors (Lipinski definition) is 3. The van der Waals surface area contributed by atoms with Gasteiger partial charge in [-0.3, -0.25) is 19.2 Å². The highest BCUT2D eigenvalue weighted by atomic mass is 16.5. The number of amides is 4. The van der Waals surface area contributed by atoms with E-state index in [9.17, 15) is 24.0 Å². The second-order valence-corrected chi connectivity index (χ2v) is 7.98. The van der Waals surface area contributed by atoms with Crippen molar-refractivity contribution in [2.75, 3.05) is 26.7 Å². The average molecular weight is 408 g/mol. The van der Waals surface area contributed by atoms with Crippen LogP contribution in [0.1, 0.15) is 38.5 Å². The molecule has 0 aromatic heterocycles. The Balaban J connectivity index is 1.55. The minimum absolute atomic E-state index is 0.0654. The van der Waals surface area contributed by atoms with Crippen LogP contribution in [0.15, 0.2) is 0 Å². The number of carbonyl (C=O) groups excluding carboxylic acids is 5. The third-order valence-electron chi connectivity index (χ3n) is 5.93. The molecule has 3 N–H and O–H groups in total. The largest absolute Gasteiger partial charge is 0.453 e. The first-order valence-electron chi connectivity index (χ1n) is 10.1. The number of methoxy groups -OCH3 is 1. The van der Waals surface area contributed by atoms with Crippen LogP contribution in [0.4, 0.5) is 4.79 Å². The van der Waals surface area contributed by atoms with Crippen molar-refractivity contribution >= 4 is 29.6 Å². The van der Waals surface area contributed by atoms with Crippen molar-refractivity contribution in [2.24, 2.45) is 11.8 Å². The summed E-state index contributed by atoms with van der Waals surface area (Å²) in [5.41, 5.74) is 0. The molecule has 2 atom stereocenters. The molecular formula is C19H28N4O6. The average Bonchev–Trinajstić information content (AvgIpc) is 3.37. The van der Waals surface area contributed by atoms with Crippen LogP contribution >= 0.6 is 0 Å². The van der Waals surface area contributed by atoms with Crippen LogP contribution in [0.3, 0.4) is 0 Å². The SMILES string of the molecule is COC(=O)NCC(=O)N1CC(C2CCC2)CC1C(=O)NCC(=O)C(=O)NC1CC1. The molecule has 0 aromatic rings. The Morgan fingerprint density at radius 2 is 1.69 bits per heavy atom. The summed E-state index contributed by atoms with van der Waals surface area (Å²) in [5, 5.41) is 7.43. The van der Waals surface area contributed by atoms with Crippen LogP contribution in [0.25, 0.3) is 0 Å². The number of alkyl carbamates (subject to hydrolysis) is 1. The van der Waals surface area contributed by atoms with E-state index in [1.54, 1.807) is 0 Å². The Kier molecular flexibility index (Phi) is 6.71. The topological polar surface area (TPSA) is 134 Å². The van der Waals surface area contributed by atoms with Crippen LogP contribution in [0.5, 0.6) is 0 Å². The predicted molar refractivity (Wildman–Crippen MR) is 101 cm³/mol. The second kappa shape index (κ2) is 9.23. The number of ether oxygens (including phenoxy) is 1. The van der Waals surface area contributed by atoms with Gasteiger partial charge in [0, 0.05) is 12.6 Å². The molecule has 10 nitrogen and oxygen atoms in total. The zero-order chi connectivity index (χ0) is 21.0. The van der Waals surface area contributed by atoms with E-state index in [-0.39, 0.29) is 24.4 Å². The molecule has 0 bridgehead atoms. The van der Waals surface area contributed by atoms with Crippen molar-refractivity contribution in [1.82, 2.24) is 20.9 Å². The van der Waals surface area contributed by atoms with Gasteiger partial charge < -0.3 is 25.6 Å². The maximum Gasteiger partial charge on any atom is 0.407 e. The smallest absolute Gasteiger partial charge is 0.407 e. The van der Waals surface area contributed by atoms with Crippen molar-refractivity contribution in [1.29, 1.82) is 0 Å². The van der Waals surface area contributed by atoms with E-state index in [2.05, 4.69) is 20.7 Å². The van der Waals surface area contributed by atoms with Gasteiger partial charge in [0.25, 0.3) is 5.91 Å². The summed E-state index contributed by atoms with van der Waals surface area (Å²) in [6.07, 6.45) is 4.85. The molecule has 29 heavy (non-hydrogen) atoms. The van der Waals surface area contributed by atoms with E-state index in [0.717, 1.165) is 32.1 Å². The molecule has 10 heteroatoms. The van der Waals surface area contributed by atoms with Crippen LogP contribution in [-0.4, -0.2) is 73.3 Å². The van der Waals surface area contributed by atoms with Crippen LogP contribution in [0.2, 0.25) is 0 Å². The molecule has 160 valence electrons. The number of Topliss-reactive ketones (excluding diaryl/α,β-unsaturated/α-hetero) is 1. The molecular weight excluding hydrogens is 380 g/mol. The summed E-state index contributed by atoms with van der Waals surface area (Å²) < 4.78 is 4.47. The Morgan fingerprint density at radius 1 is 0.966 bits per heavy atom. The molecule has 2 aliphatic carbocycles. The van der Waals surface area contributed by atoms with Gasteiger partial charge in [-0.25, -0.2) is 4.79 Å². The molecule has 3 rings (SSSR count). The molecule has 2 unspecified atom stereocenters. The lowest BCUT2D eigenvalue weighted by Crippen LogP contribution is -2.50. The highest BCUT2D eigenvalue weighted by Crippen LogP contribution is 2.40. The molecule has 3 aliphatic rings. The summed E-state index contributed by atoms with van der Waals surface area (Å²) in [4.78, 5) is 61.6. The molecule has 1 heterocycles. The molecule has 3 fully saturated rings. The summed E-state index contributed by atoms with van der Waals surface area (Å²) in [6, 6.07) is -0.650. The van der Waals surface area contributed by atoms with Gasteiger partial charge in [0.15, 0.2) is 0 Å². The van der Waals surface area contributed by atoms with Crippen molar-refractivity contribution in [3.05, 3.63) is 0 Å². The summed E-state index contributed by atoms with van der Waals surface area (Å²) in [7, 11) is 1.20. The predicted octanol–water partition coefficient (Wildman–Crippen LogP) is -0.676. The Labute approximate surface area is 169 Å². The van der Waals surface area contributed by atoms with Crippen LogP contribution in [-0.2, 0) is 23.9 Å². The minimum atomic E-state index is -0.721. The number of rotatable bonds is 8. The molecule has 2 saturated carbocycles. The van der Waals surface area contributed by atoms with Gasteiger partial charge in [0.2, 0.25) is 17.6 Å². The highest BCUT2D eigenvalue weighted by Gasteiger charge is 2.43. The van der Waals surface area contributed by atoms with Gasteiger partial charge in [-0.05, 0) is 31.1 Å². The number of nitrogens with zero attached hydrogens (tertiary/aromatic N) is 1. The Hall–Kier alpha value is -2.65. The Bertz CT molecular complexity index is 688. The van der Waals surface area contributed by atoms with Crippen molar-refractivity contribution in [3.63, 3.8) is 0 Å². The van der Waals surface area contributed by atoms with Crippen molar-refractivity contribution in [2.45, 2.75) is 50.6 Å². The maximum atomic E-state index is 12.7. The first-order valence-corrected chi connectivity index (χ1v) is 10.1. The van der Waals surface area contributed by atoms with Crippen molar-refractivity contribution < 1.29 is 28.7 Å². The zero-order valence-electron chi connectivity index (χ0n) is 16.6. The van der Waals surface area contributed by atoms with Crippen molar-refractivity contribution in [3.8, 4) is 0 Å². The fourth-order valence-corrected chi connectivity index (χ4v) is 3.83. The monoisotopic (exact) mass is 408 g/mol. The molecule has 0 spiro atoms. The third kappa shape index (κ3) is 5.45. The van der Waals surface area contributed by atoms with E-state index < -0.39 is 36.3 Å². The maximum absolute atomic E-state index is 12.7. The minimum Gasteiger partial charge on any atom is -0.453 e. The summed E-state index contributed by atoms with van der Waals surface area (Å²) in [5.74, 6) is -1.52. The van der Waals surface area contributed by atoms with E-state index in [4.69, 9.17) is 0 Å². The number of nitrogens with one attached hydrogen (secondary N) is 3. The molecule has 1 aliphatic heterocycles. The number of carbonyl (C=O) groups is 5. The summed E-state index contributed by atoms with van der Waals surface area (Å²) in [6.45, 7) is -0.221. The normalized spacial score (nSPS) is 23.7. The second-order valence-electron chi connectivity index (χ2n) is 7.98. The van der Waals surface area contributed by atoms with E-state index in [1.807, 2.05) is 0 Å². The molecule has 1 saturated heterocycles. The quantitative estimate of drug-likeness (QED) is 0.456. The highest BCUT2D eigenvalue weighted by molar-refractivity contribution is 6.37. The lowest BCUT2D eigenvalue weighted by atomic mass is 9.75. The molecule has 4 amide bonds. The van der Waals surface area contributed by atoms with Gasteiger partial charge in [-0.2, -0.15) is 0 Å². The van der Waals surface area contributed by atoms with Gasteiger partial charge in [-0.15, -0.1) is 0 Å². The van der Waals surface area contributed by atoms with Gasteiger partial charge in [-0.1, -0.05) is 19.3 Å². The van der Waals surface area contributed by atoms with E-state index in [1.165, 1.54) is 12.0 Å². The van der Waals surface area contributed by atoms with Crippen LogP contribution in [0, 0.1) is 11.8 Å². The van der Waals surface area contributed by atoms with Gasteiger partial charge >= 0.3 is 6.09 Å². The number of ketones is 1. The fourth-order valence-electron chi connectivity index (χ4n) is 3.83. The van der Waals surface area contributed by atoms with Gasteiger partial charge in [0.1, 0.15) is 12.6 Å². The zero-order valence-corrected chi connectivity index (χ0v) is 16.6. The molecule has 0 radical (unpaired) electrons. The summed E-state index contributed by atoms with van der Waals surface area (Å²) >= 11 is 0. The molecule has 0 aromatic carbocycles. The Morgan fingerprint density at radius 3 is 2.28 bits per heavy atom. The number of hydrogen-bond acceptors (Lipinski definition) is 6. The lowest BCUT2D eigenvalue weighted by Gasteiger charge is -2.31. The first kappa shape index (κ1) is 21.1. The van der Waals surface area contributed by atoms with E-state index in [0.29, 0.717) is 18.9 Å². The van der Waals surface area contributed by atoms with Crippen LogP contribution < -0.4 is 16.0 Å². The standard InChI is InChI=1S/C19H28N4O6/c1-29-19(28)21-9-16(25)23-10-12(11-3-2-4-11)7-14(23)17(26)20-8-15(24)18(27)22-13-5-6-13/h11-14H,2-10H2,1H3,(H,20,26)(H,21,28)(H,22,27).